The minimum absolute atomic E-state index is 0.0223. The largest absolute Gasteiger partial charge is 0.497 e. The highest BCUT2D eigenvalue weighted by Crippen LogP contribution is 2.28. The maximum atomic E-state index is 13.7. The Labute approximate surface area is 154 Å². The lowest BCUT2D eigenvalue weighted by molar-refractivity contribution is -0.146. The highest BCUT2D eigenvalue weighted by atomic mass is 35.5. The Morgan fingerprint density at radius 2 is 1.92 bits per heavy atom. The van der Waals surface area contributed by atoms with E-state index in [1.807, 2.05) is 0 Å². The van der Waals surface area contributed by atoms with Gasteiger partial charge in [-0.1, -0.05) is 17.7 Å². The van der Waals surface area contributed by atoms with Gasteiger partial charge in [0.1, 0.15) is 17.3 Å². The number of hydrogen-bond acceptors (Lipinski definition) is 5. The molecule has 0 radical (unpaired) electrons. The molecular weight excluding hydrogens is 365 g/mol. The SMILES string of the molecule is COc1ccc(OC)c(NC(=O)COC(=O)Cc2c(F)cccc2Cl)c1. The van der Waals surface area contributed by atoms with E-state index in [2.05, 4.69) is 5.32 Å². The first-order valence-corrected chi connectivity index (χ1v) is 7.92. The van der Waals surface area contributed by atoms with Crippen molar-refractivity contribution in [1.82, 2.24) is 0 Å². The topological polar surface area (TPSA) is 73.9 Å². The summed E-state index contributed by atoms with van der Waals surface area (Å²) in [5.74, 6) is -1.02. The number of anilines is 1. The van der Waals surface area contributed by atoms with Crippen molar-refractivity contribution in [1.29, 1.82) is 0 Å². The van der Waals surface area contributed by atoms with Gasteiger partial charge in [0.2, 0.25) is 0 Å². The van der Waals surface area contributed by atoms with Crippen LogP contribution in [0.1, 0.15) is 5.56 Å². The van der Waals surface area contributed by atoms with Crippen LogP contribution in [0.2, 0.25) is 5.02 Å². The number of benzene rings is 2. The van der Waals surface area contributed by atoms with Gasteiger partial charge in [0.15, 0.2) is 6.61 Å². The summed E-state index contributed by atoms with van der Waals surface area (Å²) in [5.41, 5.74) is 0.388. The van der Waals surface area contributed by atoms with E-state index in [-0.39, 0.29) is 17.0 Å². The van der Waals surface area contributed by atoms with Crippen LogP contribution in [-0.4, -0.2) is 32.7 Å². The van der Waals surface area contributed by atoms with Crippen molar-refractivity contribution in [2.24, 2.45) is 0 Å². The zero-order valence-corrected chi connectivity index (χ0v) is 14.9. The van der Waals surface area contributed by atoms with E-state index in [1.165, 1.54) is 32.4 Å². The second-order valence-corrected chi connectivity index (χ2v) is 5.56. The van der Waals surface area contributed by atoms with E-state index >= 15 is 0 Å². The monoisotopic (exact) mass is 381 g/mol. The molecule has 2 rings (SSSR count). The van der Waals surface area contributed by atoms with Gasteiger partial charge in [-0.2, -0.15) is 0 Å². The number of halogens is 2. The Kier molecular flexibility index (Phi) is 6.80. The van der Waals surface area contributed by atoms with Gasteiger partial charge in [-0.05, 0) is 24.3 Å². The Morgan fingerprint density at radius 3 is 2.58 bits per heavy atom. The van der Waals surface area contributed by atoms with E-state index in [0.717, 1.165) is 0 Å². The first-order chi connectivity index (χ1) is 12.4. The lowest BCUT2D eigenvalue weighted by atomic mass is 10.1. The van der Waals surface area contributed by atoms with Gasteiger partial charge in [0.05, 0.1) is 26.3 Å². The van der Waals surface area contributed by atoms with Crippen molar-refractivity contribution < 1.29 is 28.2 Å². The molecule has 0 spiro atoms. The fourth-order valence-electron chi connectivity index (χ4n) is 2.14. The minimum Gasteiger partial charge on any atom is -0.497 e. The van der Waals surface area contributed by atoms with Crippen LogP contribution < -0.4 is 14.8 Å². The number of nitrogens with one attached hydrogen (secondary N) is 1. The lowest BCUT2D eigenvalue weighted by Crippen LogP contribution is -2.22. The summed E-state index contributed by atoms with van der Waals surface area (Å²) in [6.45, 7) is -0.536. The van der Waals surface area contributed by atoms with Crippen molar-refractivity contribution in [2.75, 3.05) is 26.1 Å². The van der Waals surface area contributed by atoms with E-state index in [1.54, 1.807) is 18.2 Å². The van der Waals surface area contributed by atoms with Crippen molar-refractivity contribution in [3.05, 3.63) is 52.8 Å². The molecule has 0 bridgehead atoms. The van der Waals surface area contributed by atoms with Crippen LogP contribution in [0.4, 0.5) is 10.1 Å². The molecule has 0 aliphatic rings. The molecule has 0 aromatic heterocycles. The third-order valence-corrected chi connectivity index (χ3v) is 3.78. The molecule has 26 heavy (non-hydrogen) atoms. The predicted octanol–water partition coefficient (Wildman–Crippen LogP) is 3.22. The summed E-state index contributed by atoms with van der Waals surface area (Å²) in [6, 6.07) is 8.96. The summed E-state index contributed by atoms with van der Waals surface area (Å²) in [4.78, 5) is 23.8. The first kappa shape index (κ1) is 19.5. The van der Waals surface area contributed by atoms with Gasteiger partial charge in [-0.25, -0.2) is 4.39 Å². The fourth-order valence-corrected chi connectivity index (χ4v) is 2.37. The molecule has 0 heterocycles. The Balaban J connectivity index is 1.93. The second-order valence-electron chi connectivity index (χ2n) is 5.15. The number of esters is 1. The fraction of sp³-hybridized carbons (Fsp3) is 0.222. The van der Waals surface area contributed by atoms with Crippen LogP contribution in [-0.2, 0) is 20.7 Å². The number of carbonyl (C=O) groups is 2. The Bertz CT molecular complexity index is 792. The van der Waals surface area contributed by atoms with E-state index in [0.29, 0.717) is 17.2 Å². The molecule has 6 nitrogen and oxygen atoms in total. The van der Waals surface area contributed by atoms with Crippen molar-refractivity contribution in [3.8, 4) is 11.5 Å². The minimum atomic E-state index is -0.773. The van der Waals surface area contributed by atoms with Crippen LogP contribution in [0.25, 0.3) is 0 Å². The molecule has 2 aromatic rings. The lowest BCUT2D eigenvalue weighted by Gasteiger charge is -2.12. The summed E-state index contributed by atoms with van der Waals surface area (Å²) >= 11 is 5.85. The standard InChI is InChI=1S/C18H17ClFNO5/c1-24-11-6-7-16(25-2)15(8-11)21-17(22)10-26-18(23)9-12-13(19)4-3-5-14(12)20/h3-8H,9-10H2,1-2H3,(H,21,22). The van der Waals surface area contributed by atoms with Gasteiger partial charge in [0.25, 0.3) is 5.91 Å². The van der Waals surface area contributed by atoms with Crippen LogP contribution in [0.15, 0.2) is 36.4 Å². The zero-order chi connectivity index (χ0) is 19.1. The zero-order valence-electron chi connectivity index (χ0n) is 14.2. The normalized spacial score (nSPS) is 10.2. The molecular formula is C18H17ClFNO5. The van der Waals surface area contributed by atoms with Gasteiger partial charge < -0.3 is 19.5 Å². The van der Waals surface area contributed by atoms with Crippen molar-refractivity contribution in [3.63, 3.8) is 0 Å². The summed E-state index contributed by atoms with van der Waals surface area (Å²) in [5, 5.41) is 2.67. The number of rotatable bonds is 7. The summed E-state index contributed by atoms with van der Waals surface area (Å²) in [6.07, 6.45) is -0.374. The highest BCUT2D eigenvalue weighted by molar-refractivity contribution is 6.31. The van der Waals surface area contributed by atoms with Gasteiger partial charge in [-0.15, -0.1) is 0 Å². The average molecular weight is 382 g/mol. The molecule has 0 fully saturated rings. The quantitative estimate of drug-likeness (QED) is 0.745. The molecule has 0 unspecified atom stereocenters. The number of methoxy groups -OCH3 is 2. The molecule has 0 atom stereocenters. The Hall–Kier alpha value is -2.80. The van der Waals surface area contributed by atoms with Crippen LogP contribution >= 0.6 is 11.6 Å². The second kappa shape index (κ2) is 9.05. The molecule has 0 aliphatic carbocycles. The molecule has 138 valence electrons. The Morgan fingerprint density at radius 1 is 1.15 bits per heavy atom. The molecule has 0 aliphatic heterocycles. The molecule has 2 aromatic carbocycles. The molecule has 8 heteroatoms. The highest BCUT2D eigenvalue weighted by Gasteiger charge is 2.15. The van der Waals surface area contributed by atoms with Crippen molar-refractivity contribution in [2.45, 2.75) is 6.42 Å². The number of carbonyl (C=O) groups excluding carboxylic acids is 2. The van der Waals surface area contributed by atoms with Gasteiger partial charge >= 0.3 is 5.97 Å². The smallest absolute Gasteiger partial charge is 0.310 e. The van der Waals surface area contributed by atoms with Crippen LogP contribution in [0, 0.1) is 5.82 Å². The molecule has 1 amide bonds. The van der Waals surface area contributed by atoms with Crippen LogP contribution in [0.5, 0.6) is 11.5 Å². The van der Waals surface area contributed by atoms with Gasteiger partial charge in [-0.3, -0.25) is 9.59 Å². The van der Waals surface area contributed by atoms with E-state index in [4.69, 9.17) is 25.8 Å². The van der Waals surface area contributed by atoms with E-state index < -0.39 is 24.3 Å². The van der Waals surface area contributed by atoms with E-state index in [9.17, 15) is 14.0 Å². The molecule has 0 saturated heterocycles. The average Bonchev–Trinajstić information content (AvgIpc) is 2.63. The van der Waals surface area contributed by atoms with Crippen molar-refractivity contribution >= 4 is 29.2 Å². The number of ether oxygens (including phenoxy) is 3. The molecule has 1 N–H and O–H groups in total. The van der Waals surface area contributed by atoms with Gasteiger partial charge in [0, 0.05) is 16.7 Å². The number of amides is 1. The third kappa shape index (κ3) is 5.10. The molecule has 0 saturated carbocycles. The first-order valence-electron chi connectivity index (χ1n) is 7.55. The third-order valence-electron chi connectivity index (χ3n) is 3.43. The summed E-state index contributed by atoms with van der Waals surface area (Å²) < 4.78 is 28.8. The summed E-state index contributed by atoms with van der Waals surface area (Å²) in [7, 11) is 2.94. The van der Waals surface area contributed by atoms with Crippen LogP contribution in [0.3, 0.4) is 0 Å². The number of hydrogen-bond donors (Lipinski definition) is 1. The maximum Gasteiger partial charge on any atom is 0.310 e. The maximum absolute atomic E-state index is 13.7. The predicted molar refractivity (Wildman–Crippen MR) is 94.2 cm³/mol.